The van der Waals surface area contributed by atoms with E-state index in [1.807, 2.05) is 31.2 Å². The number of aliphatic hydroxyl groups excluding tert-OH is 1. The Morgan fingerprint density at radius 1 is 1.25 bits per heavy atom. The van der Waals surface area contributed by atoms with Gasteiger partial charge in [0.1, 0.15) is 17.9 Å². The third-order valence-electron chi connectivity index (χ3n) is 3.11. The molecule has 0 bridgehead atoms. The van der Waals surface area contributed by atoms with E-state index in [9.17, 15) is 5.11 Å². The van der Waals surface area contributed by atoms with Gasteiger partial charge in [-0.25, -0.2) is 4.98 Å². The van der Waals surface area contributed by atoms with Gasteiger partial charge in [-0.15, -0.1) is 0 Å². The Kier molecular flexibility index (Phi) is 5.12. The SMILES string of the molecule is CCCOc1ccc(C(O)Cc2ncnn2CC)cc1. The Bertz CT molecular complexity index is 522. The summed E-state index contributed by atoms with van der Waals surface area (Å²) < 4.78 is 7.32. The van der Waals surface area contributed by atoms with Gasteiger partial charge >= 0.3 is 0 Å². The summed E-state index contributed by atoms with van der Waals surface area (Å²) in [5.74, 6) is 1.63. The van der Waals surface area contributed by atoms with Gasteiger partial charge in [0.2, 0.25) is 0 Å². The highest BCUT2D eigenvalue weighted by atomic mass is 16.5. The largest absolute Gasteiger partial charge is 0.494 e. The van der Waals surface area contributed by atoms with Crippen LogP contribution in [0.3, 0.4) is 0 Å². The van der Waals surface area contributed by atoms with E-state index in [-0.39, 0.29) is 0 Å². The van der Waals surface area contributed by atoms with Gasteiger partial charge in [0, 0.05) is 13.0 Å². The Labute approximate surface area is 119 Å². The second-order valence-electron chi connectivity index (χ2n) is 4.63. The van der Waals surface area contributed by atoms with E-state index in [1.54, 1.807) is 4.68 Å². The minimum Gasteiger partial charge on any atom is -0.494 e. The molecular formula is C15H21N3O2. The minimum atomic E-state index is -0.579. The van der Waals surface area contributed by atoms with Crippen molar-refractivity contribution in [3.63, 3.8) is 0 Å². The maximum absolute atomic E-state index is 10.3. The van der Waals surface area contributed by atoms with E-state index in [0.717, 1.165) is 30.1 Å². The van der Waals surface area contributed by atoms with Gasteiger partial charge in [-0.05, 0) is 31.0 Å². The Morgan fingerprint density at radius 3 is 2.65 bits per heavy atom. The number of aliphatic hydroxyl groups is 1. The van der Waals surface area contributed by atoms with Gasteiger partial charge in [0.25, 0.3) is 0 Å². The molecule has 20 heavy (non-hydrogen) atoms. The second kappa shape index (κ2) is 7.05. The van der Waals surface area contributed by atoms with Gasteiger partial charge in [-0.2, -0.15) is 5.10 Å². The van der Waals surface area contributed by atoms with Crippen molar-refractivity contribution in [3.8, 4) is 5.75 Å². The summed E-state index contributed by atoms with van der Waals surface area (Å²) in [5, 5.41) is 14.4. The molecule has 0 aliphatic carbocycles. The first kappa shape index (κ1) is 14.5. The molecule has 0 spiro atoms. The quantitative estimate of drug-likeness (QED) is 0.842. The van der Waals surface area contributed by atoms with Crippen molar-refractivity contribution < 1.29 is 9.84 Å². The first-order valence-corrected chi connectivity index (χ1v) is 7.02. The first-order chi connectivity index (χ1) is 9.74. The van der Waals surface area contributed by atoms with Crippen molar-refractivity contribution in [2.75, 3.05) is 6.61 Å². The van der Waals surface area contributed by atoms with Crippen LogP contribution >= 0.6 is 0 Å². The molecule has 0 saturated carbocycles. The number of nitrogens with zero attached hydrogens (tertiary/aromatic N) is 3. The van der Waals surface area contributed by atoms with E-state index in [4.69, 9.17) is 4.74 Å². The summed E-state index contributed by atoms with van der Waals surface area (Å²) >= 11 is 0. The van der Waals surface area contributed by atoms with Crippen molar-refractivity contribution in [3.05, 3.63) is 42.0 Å². The maximum Gasteiger partial charge on any atom is 0.138 e. The van der Waals surface area contributed by atoms with Crippen LogP contribution in [0.5, 0.6) is 5.75 Å². The van der Waals surface area contributed by atoms with Crippen LogP contribution in [0.2, 0.25) is 0 Å². The van der Waals surface area contributed by atoms with E-state index in [0.29, 0.717) is 13.0 Å². The van der Waals surface area contributed by atoms with Gasteiger partial charge in [0.15, 0.2) is 0 Å². The summed E-state index contributed by atoms with van der Waals surface area (Å²) in [7, 11) is 0. The second-order valence-corrected chi connectivity index (χ2v) is 4.63. The fraction of sp³-hybridized carbons (Fsp3) is 0.467. The highest BCUT2D eigenvalue weighted by Gasteiger charge is 2.12. The number of aryl methyl sites for hydroxylation is 1. The number of hydrogen-bond acceptors (Lipinski definition) is 4. The third-order valence-corrected chi connectivity index (χ3v) is 3.11. The Balaban J connectivity index is 2.00. The molecule has 1 N–H and O–H groups in total. The molecule has 5 heteroatoms. The summed E-state index contributed by atoms with van der Waals surface area (Å²) in [6.07, 6.45) is 2.39. The van der Waals surface area contributed by atoms with Crippen LogP contribution in [-0.2, 0) is 13.0 Å². The topological polar surface area (TPSA) is 60.2 Å². The molecule has 108 valence electrons. The molecule has 0 aliphatic heterocycles. The van der Waals surface area contributed by atoms with Gasteiger partial charge in [-0.3, -0.25) is 4.68 Å². The Hall–Kier alpha value is -1.88. The predicted molar refractivity (Wildman–Crippen MR) is 76.6 cm³/mol. The first-order valence-electron chi connectivity index (χ1n) is 7.02. The fourth-order valence-electron chi connectivity index (χ4n) is 2.01. The predicted octanol–water partition coefficient (Wildman–Crippen LogP) is 2.36. The molecule has 1 unspecified atom stereocenters. The summed E-state index contributed by atoms with van der Waals surface area (Å²) in [6.45, 7) is 5.54. The van der Waals surface area contributed by atoms with Crippen LogP contribution in [0.15, 0.2) is 30.6 Å². The van der Waals surface area contributed by atoms with Crippen molar-refractivity contribution in [1.82, 2.24) is 14.8 Å². The van der Waals surface area contributed by atoms with E-state index in [2.05, 4.69) is 17.0 Å². The molecule has 2 aromatic rings. The zero-order valence-electron chi connectivity index (χ0n) is 12.0. The average molecular weight is 275 g/mol. The van der Waals surface area contributed by atoms with Crippen LogP contribution < -0.4 is 4.74 Å². The van der Waals surface area contributed by atoms with Crippen molar-refractivity contribution >= 4 is 0 Å². The summed E-state index contributed by atoms with van der Waals surface area (Å²) in [6, 6.07) is 7.56. The van der Waals surface area contributed by atoms with Gasteiger partial charge in [-0.1, -0.05) is 19.1 Å². The van der Waals surface area contributed by atoms with Crippen LogP contribution in [0.25, 0.3) is 0 Å². The maximum atomic E-state index is 10.3. The lowest BCUT2D eigenvalue weighted by Gasteiger charge is -2.12. The van der Waals surface area contributed by atoms with Gasteiger partial charge in [0.05, 0.1) is 12.7 Å². The molecule has 0 aliphatic rings. The molecule has 1 atom stereocenters. The molecular weight excluding hydrogens is 254 g/mol. The number of aromatic nitrogens is 3. The average Bonchev–Trinajstić information content (AvgIpc) is 2.92. The molecule has 2 rings (SSSR count). The van der Waals surface area contributed by atoms with Crippen molar-refractivity contribution in [1.29, 1.82) is 0 Å². The fourth-order valence-corrected chi connectivity index (χ4v) is 2.01. The monoisotopic (exact) mass is 275 g/mol. The highest BCUT2D eigenvalue weighted by Crippen LogP contribution is 2.20. The number of rotatable bonds is 7. The normalized spacial score (nSPS) is 12.3. The van der Waals surface area contributed by atoms with Crippen molar-refractivity contribution in [2.24, 2.45) is 0 Å². The lowest BCUT2D eigenvalue weighted by Crippen LogP contribution is -2.09. The van der Waals surface area contributed by atoms with Crippen molar-refractivity contribution in [2.45, 2.75) is 39.3 Å². The van der Waals surface area contributed by atoms with Crippen LogP contribution in [-0.4, -0.2) is 26.5 Å². The molecule has 0 fully saturated rings. The van der Waals surface area contributed by atoms with E-state index >= 15 is 0 Å². The lowest BCUT2D eigenvalue weighted by molar-refractivity contribution is 0.174. The summed E-state index contributed by atoms with van der Waals surface area (Å²) in [5.41, 5.74) is 0.861. The van der Waals surface area contributed by atoms with E-state index in [1.165, 1.54) is 6.33 Å². The van der Waals surface area contributed by atoms with Crippen LogP contribution in [0.4, 0.5) is 0 Å². The Morgan fingerprint density at radius 2 is 2.00 bits per heavy atom. The molecule has 0 amide bonds. The zero-order chi connectivity index (χ0) is 14.4. The standard InChI is InChI=1S/C15H21N3O2/c1-3-9-20-13-7-5-12(6-8-13)14(19)10-15-16-11-17-18(15)4-2/h5-8,11,14,19H,3-4,9-10H2,1-2H3. The zero-order valence-corrected chi connectivity index (χ0v) is 12.0. The number of hydrogen-bond donors (Lipinski definition) is 1. The van der Waals surface area contributed by atoms with Gasteiger partial charge < -0.3 is 9.84 Å². The molecule has 1 heterocycles. The minimum absolute atomic E-state index is 0.461. The highest BCUT2D eigenvalue weighted by molar-refractivity contribution is 5.28. The molecule has 1 aromatic heterocycles. The molecule has 0 saturated heterocycles. The summed E-state index contributed by atoms with van der Waals surface area (Å²) in [4.78, 5) is 4.18. The lowest BCUT2D eigenvalue weighted by atomic mass is 10.1. The third kappa shape index (κ3) is 3.57. The smallest absolute Gasteiger partial charge is 0.138 e. The molecule has 5 nitrogen and oxygen atoms in total. The number of benzene rings is 1. The number of ether oxygens (including phenoxy) is 1. The van der Waals surface area contributed by atoms with E-state index < -0.39 is 6.10 Å². The van der Waals surface area contributed by atoms with Crippen LogP contribution in [0, 0.1) is 0 Å². The van der Waals surface area contributed by atoms with Crippen LogP contribution in [0.1, 0.15) is 37.8 Å². The molecule has 1 aromatic carbocycles. The molecule has 0 radical (unpaired) electrons.